The number of fused-ring (bicyclic) bond motifs is 1. The third-order valence-corrected chi connectivity index (χ3v) is 3.87. The Hall–Kier alpha value is -1.26. The van der Waals surface area contributed by atoms with E-state index in [9.17, 15) is 0 Å². The van der Waals surface area contributed by atoms with Crippen molar-refractivity contribution in [1.82, 2.24) is 4.98 Å². The number of anilines is 1. The van der Waals surface area contributed by atoms with Crippen molar-refractivity contribution in [3.63, 3.8) is 0 Å². The molecule has 0 aliphatic rings. The molecule has 4 heteroatoms. The van der Waals surface area contributed by atoms with E-state index < -0.39 is 0 Å². The number of hydrogen-bond donors (Lipinski definition) is 2. The molecule has 90 valence electrons. The first-order valence-corrected chi connectivity index (χ1v) is 6.51. The monoisotopic (exact) mass is 248 g/mol. The lowest BCUT2D eigenvalue weighted by Gasteiger charge is -2.11. The molecule has 2 aromatic rings. The molecule has 0 amide bonds. The second-order valence-corrected chi connectivity index (χ2v) is 5.47. The maximum absolute atomic E-state index is 8.93. The number of nitrogen functional groups attached to an aromatic ring is 1. The summed E-state index contributed by atoms with van der Waals surface area (Å²) in [5.41, 5.74) is 7.47. The van der Waals surface area contributed by atoms with Crippen molar-refractivity contribution in [1.29, 1.82) is 0 Å². The fraction of sp³-hybridized carbons (Fsp3) is 0.308. The predicted octanol–water partition coefficient (Wildman–Crippen LogP) is 2.68. The molecule has 1 heterocycles. The minimum atomic E-state index is 0.222. The minimum Gasteiger partial charge on any atom is -0.397 e. The van der Waals surface area contributed by atoms with Gasteiger partial charge in [0.1, 0.15) is 0 Å². The van der Waals surface area contributed by atoms with Gasteiger partial charge in [0.05, 0.1) is 11.2 Å². The fourth-order valence-electron chi connectivity index (χ4n) is 1.73. The largest absolute Gasteiger partial charge is 0.397 e. The second-order valence-electron chi connectivity index (χ2n) is 3.99. The van der Waals surface area contributed by atoms with Crippen molar-refractivity contribution in [2.24, 2.45) is 0 Å². The zero-order valence-electron chi connectivity index (χ0n) is 9.76. The predicted molar refractivity (Wildman–Crippen MR) is 73.2 cm³/mol. The highest BCUT2D eigenvalue weighted by atomic mass is 32.2. The number of aliphatic hydroxyl groups excluding tert-OH is 1. The number of benzene rings is 1. The van der Waals surface area contributed by atoms with Gasteiger partial charge in [-0.05, 0) is 18.6 Å². The second kappa shape index (κ2) is 5.38. The van der Waals surface area contributed by atoms with Crippen LogP contribution in [0.5, 0.6) is 0 Å². The van der Waals surface area contributed by atoms with Gasteiger partial charge >= 0.3 is 0 Å². The molecule has 0 fully saturated rings. The van der Waals surface area contributed by atoms with Gasteiger partial charge in [-0.2, -0.15) is 0 Å². The van der Waals surface area contributed by atoms with Crippen molar-refractivity contribution < 1.29 is 5.11 Å². The molecule has 0 spiro atoms. The van der Waals surface area contributed by atoms with Gasteiger partial charge in [0.15, 0.2) is 0 Å². The number of hydrogen-bond acceptors (Lipinski definition) is 4. The van der Waals surface area contributed by atoms with Crippen LogP contribution in [0.1, 0.15) is 13.3 Å². The van der Waals surface area contributed by atoms with E-state index in [0.717, 1.165) is 17.3 Å². The number of aliphatic hydroxyl groups is 1. The van der Waals surface area contributed by atoms with E-state index >= 15 is 0 Å². The van der Waals surface area contributed by atoms with E-state index in [1.807, 2.05) is 24.3 Å². The zero-order valence-corrected chi connectivity index (χ0v) is 10.6. The van der Waals surface area contributed by atoms with E-state index in [-0.39, 0.29) is 6.61 Å². The molecule has 0 bridgehead atoms. The Morgan fingerprint density at radius 1 is 1.41 bits per heavy atom. The van der Waals surface area contributed by atoms with Crippen molar-refractivity contribution >= 4 is 28.4 Å². The summed E-state index contributed by atoms with van der Waals surface area (Å²) in [6.07, 6.45) is 2.57. The third-order valence-electron chi connectivity index (χ3n) is 2.63. The molecule has 1 aromatic heterocycles. The van der Waals surface area contributed by atoms with Crippen LogP contribution in [0, 0.1) is 0 Å². The molecule has 2 rings (SSSR count). The number of para-hydroxylation sites is 1. The van der Waals surface area contributed by atoms with Crippen LogP contribution in [0.2, 0.25) is 0 Å². The van der Waals surface area contributed by atoms with Crippen LogP contribution in [-0.4, -0.2) is 21.9 Å². The molecule has 0 aliphatic carbocycles. The maximum atomic E-state index is 8.93. The molecule has 0 radical (unpaired) electrons. The molecule has 1 atom stereocenters. The minimum absolute atomic E-state index is 0.222. The van der Waals surface area contributed by atoms with Crippen LogP contribution < -0.4 is 5.73 Å². The standard InChI is InChI=1S/C13H16N2OS/c1-9(6-8-16)17-12-5-7-15-13-10(12)3-2-4-11(13)14/h2-5,7,9,16H,6,8,14H2,1H3. The molecular weight excluding hydrogens is 232 g/mol. The van der Waals surface area contributed by atoms with Gasteiger partial charge in [-0.1, -0.05) is 19.1 Å². The van der Waals surface area contributed by atoms with Crippen molar-refractivity contribution in [3.8, 4) is 0 Å². The third kappa shape index (κ3) is 2.70. The maximum Gasteiger partial charge on any atom is 0.0942 e. The average Bonchev–Trinajstić information content (AvgIpc) is 2.31. The van der Waals surface area contributed by atoms with Crippen LogP contribution >= 0.6 is 11.8 Å². The van der Waals surface area contributed by atoms with Crippen LogP contribution in [0.25, 0.3) is 10.9 Å². The van der Waals surface area contributed by atoms with E-state index in [4.69, 9.17) is 10.8 Å². The Bertz CT molecular complexity index is 516. The normalized spacial score (nSPS) is 12.8. The van der Waals surface area contributed by atoms with Crippen LogP contribution in [0.15, 0.2) is 35.4 Å². The number of aromatic nitrogens is 1. The summed E-state index contributed by atoms with van der Waals surface area (Å²) in [4.78, 5) is 5.48. The van der Waals surface area contributed by atoms with Gasteiger partial charge in [0.25, 0.3) is 0 Å². The SMILES string of the molecule is CC(CCO)Sc1ccnc2c(N)cccc12. The lowest BCUT2D eigenvalue weighted by Crippen LogP contribution is -1.99. The van der Waals surface area contributed by atoms with Crippen molar-refractivity contribution in [3.05, 3.63) is 30.5 Å². The lowest BCUT2D eigenvalue weighted by molar-refractivity contribution is 0.289. The molecular formula is C13H16N2OS. The summed E-state index contributed by atoms with van der Waals surface area (Å²) in [5, 5.41) is 10.4. The molecule has 3 N–H and O–H groups in total. The molecule has 0 saturated heterocycles. The Kier molecular flexibility index (Phi) is 3.86. The summed E-state index contributed by atoms with van der Waals surface area (Å²) in [7, 11) is 0. The lowest BCUT2D eigenvalue weighted by atomic mass is 10.2. The number of thioether (sulfide) groups is 1. The van der Waals surface area contributed by atoms with E-state index in [2.05, 4.69) is 11.9 Å². The summed E-state index contributed by atoms with van der Waals surface area (Å²) >= 11 is 1.75. The summed E-state index contributed by atoms with van der Waals surface area (Å²) < 4.78 is 0. The number of nitrogens with zero attached hydrogens (tertiary/aromatic N) is 1. The Balaban J connectivity index is 2.37. The van der Waals surface area contributed by atoms with E-state index in [0.29, 0.717) is 10.9 Å². The Morgan fingerprint density at radius 2 is 2.24 bits per heavy atom. The first-order chi connectivity index (χ1) is 8.22. The van der Waals surface area contributed by atoms with Gasteiger partial charge in [-0.25, -0.2) is 0 Å². The fourth-order valence-corrected chi connectivity index (χ4v) is 2.82. The molecule has 0 saturated carbocycles. The Labute approximate surface area is 105 Å². The number of pyridine rings is 1. The highest BCUT2D eigenvalue weighted by Gasteiger charge is 2.08. The first-order valence-electron chi connectivity index (χ1n) is 5.63. The molecule has 0 aliphatic heterocycles. The number of nitrogens with two attached hydrogens (primary N) is 1. The molecule has 17 heavy (non-hydrogen) atoms. The first kappa shape index (κ1) is 12.2. The highest BCUT2D eigenvalue weighted by Crippen LogP contribution is 2.32. The topological polar surface area (TPSA) is 59.1 Å². The average molecular weight is 248 g/mol. The highest BCUT2D eigenvalue weighted by molar-refractivity contribution is 8.00. The number of rotatable bonds is 4. The molecule has 1 unspecified atom stereocenters. The summed E-state index contributed by atoms with van der Waals surface area (Å²) in [6.45, 7) is 2.33. The van der Waals surface area contributed by atoms with Gasteiger partial charge in [0, 0.05) is 28.3 Å². The zero-order chi connectivity index (χ0) is 12.3. The summed E-state index contributed by atoms with van der Waals surface area (Å²) in [6, 6.07) is 7.84. The van der Waals surface area contributed by atoms with Crippen LogP contribution in [0.3, 0.4) is 0 Å². The van der Waals surface area contributed by atoms with Gasteiger partial charge in [0.2, 0.25) is 0 Å². The summed E-state index contributed by atoms with van der Waals surface area (Å²) in [5.74, 6) is 0. The van der Waals surface area contributed by atoms with Crippen LogP contribution in [-0.2, 0) is 0 Å². The van der Waals surface area contributed by atoms with Crippen molar-refractivity contribution in [2.45, 2.75) is 23.5 Å². The van der Waals surface area contributed by atoms with Crippen molar-refractivity contribution in [2.75, 3.05) is 12.3 Å². The van der Waals surface area contributed by atoms with E-state index in [1.54, 1.807) is 18.0 Å². The van der Waals surface area contributed by atoms with Gasteiger partial charge < -0.3 is 10.8 Å². The molecule has 1 aromatic carbocycles. The quantitative estimate of drug-likeness (QED) is 0.645. The molecule has 3 nitrogen and oxygen atoms in total. The van der Waals surface area contributed by atoms with E-state index in [1.165, 1.54) is 4.90 Å². The smallest absolute Gasteiger partial charge is 0.0942 e. The van der Waals surface area contributed by atoms with Crippen LogP contribution in [0.4, 0.5) is 5.69 Å². The van der Waals surface area contributed by atoms with Gasteiger partial charge in [-0.3, -0.25) is 4.98 Å². The Morgan fingerprint density at radius 3 is 3.00 bits per heavy atom. The van der Waals surface area contributed by atoms with Gasteiger partial charge in [-0.15, -0.1) is 11.8 Å².